The molecule has 4 rings (SSSR count). The van der Waals surface area contributed by atoms with Gasteiger partial charge in [-0.25, -0.2) is 8.42 Å². The number of rotatable bonds is 8. The van der Waals surface area contributed by atoms with E-state index in [0.717, 1.165) is 28.6 Å². The summed E-state index contributed by atoms with van der Waals surface area (Å²) in [6, 6.07) is 11.5. The van der Waals surface area contributed by atoms with E-state index in [1.54, 1.807) is 12.3 Å². The minimum Gasteiger partial charge on any atom is -0.468 e. The quantitative estimate of drug-likeness (QED) is 0.588. The summed E-state index contributed by atoms with van der Waals surface area (Å²) in [5, 5.41) is 4.13. The van der Waals surface area contributed by atoms with Gasteiger partial charge in [-0.05, 0) is 36.6 Å². The highest BCUT2D eigenvalue weighted by molar-refractivity contribution is 7.91. The van der Waals surface area contributed by atoms with Crippen LogP contribution in [0.3, 0.4) is 0 Å². The van der Waals surface area contributed by atoms with Crippen molar-refractivity contribution in [2.24, 2.45) is 0 Å². The van der Waals surface area contributed by atoms with Gasteiger partial charge in [-0.1, -0.05) is 18.2 Å². The highest BCUT2D eigenvalue weighted by Gasteiger charge is 2.33. The van der Waals surface area contributed by atoms with Crippen molar-refractivity contribution in [3.63, 3.8) is 0 Å². The van der Waals surface area contributed by atoms with Crippen LogP contribution < -0.4 is 5.32 Å². The molecule has 0 saturated carbocycles. The van der Waals surface area contributed by atoms with Gasteiger partial charge in [0.1, 0.15) is 5.76 Å². The van der Waals surface area contributed by atoms with Gasteiger partial charge in [0.05, 0.1) is 30.9 Å². The lowest BCUT2D eigenvalue weighted by atomic mass is 10.1. The molecule has 0 unspecified atom stereocenters. The Kier molecular flexibility index (Phi) is 5.73. The minimum atomic E-state index is -3.03. The number of furan rings is 1. The van der Waals surface area contributed by atoms with Gasteiger partial charge in [-0.3, -0.25) is 9.69 Å². The SMILES string of the molecule is O=C(CN(Cc1ccco1)[C@@H]1CCS(=O)(=O)C1)NCCc1c[nH]c2ccccc12. The maximum absolute atomic E-state index is 12.6. The monoisotopic (exact) mass is 415 g/mol. The average Bonchev–Trinajstić information content (AvgIpc) is 3.42. The molecule has 7 nitrogen and oxygen atoms in total. The van der Waals surface area contributed by atoms with Gasteiger partial charge in [-0.2, -0.15) is 0 Å². The predicted molar refractivity (Wildman–Crippen MR) is 111 cm³/mol. The molecule has 29 heavy (non-hydrogen) atoms. The number of aromatic amines is 1. The Morgan fingerprint density at radius 3 is 2.86 bits per heavy atom. The molecule has 3 aromatic rings. The van der Waals surface area contributed by atoms with E-state index < -0.39 is 9.84 Å². The van der Waals surface area contributed by atoms with E-state index in [-0.39, 0.29) is 30.0 Å². The smallest absolute Gasteiger partial charge is 0.234 e. The molecule has 2 aromatic heterocycles. The van der Waals surface area contributed by atoms with Crippen LogP contribution in [0.5, 0.6) is 0 Å². The maximum atomic E-state index is 12.6. The molecule has 1 aliphatic rings. The number of carbonyl (C=O) groups is 1. The third kappa shape index (κ3) is 4.89. The molecule has 1 atom stereocenters. The number of aromatic nitrogens is 1. The number of para-hydroxylation sites is 1. The molecule has 3 heterocycles. The molecule has 1 aromatic carbocycles. The van der Waals surface area contributed by atoms with Gasteiger partial charge < -0.3 is 14.7 Å². The van der Waals surface area contributed by atoms with Crippen molar-refractivity contribution in [3.05, 3.63) is 60.2 Å². The molecule has 1 amide bonds. The zero-order valence-corrected chi connectivity index (χ0v) is 17.0. The highest BCUT2D eigenvalue weighted by Crippen LogP contribution is 2.20. The molecule has 0 radical (unpaired) electrons. The van der Waals surface area contributed by atoms with Crippen LogP contribution in [0.2, 0.25) is 0 Å². The number of sulfone groups is 1. The van der Waals surface area contributed by atoms with Crippen molar-refractivity contribution < 1.29 is 17.6 Å². The molecule has 154 valence electrons. The third-order valence-electron chi connectivity index (χ3n) is 5.40. The second kappa shape index (κ2) is 8.42. The molecule has 0 bridgehead atoms. The van der Waals surface area contributed by atoms with Crippen molar-refractivity contribution in [1.82, 2.24) is 15.2 Å². The Morgan fingerprint density at radius 2 is 2.10 bits per heavy atom. The van der Waals surface area contributed by atoms with Crippen LogP contribution in [0.1, 0.15) is 17.7 Å². The van der Waals surface area contributed by atoms with Gasteiger partial charge in [0, 0.05) is 29.7 Å². The fourth-order valence-electron chi connectivity index (χ4n) is 3.90. The number of nitrogens with zero attached hydrogens (tertiary/aromatic N) is 1. The molecule has 0 aliphatic carbocycles. The fourth-order valence-corrected chi connectivity index (χ4v) is 5.66. The summed E-state index contributed by atoms with van der Waals surface area (Å²) < 4.78 is 29.2. The van der Waals surface area contributed by atoms with Crippen molar-refractivity contribution in [1.29, 1.82) is 0 Å². The summed E-state index contributed by atoms with van der Waals surface area (Å²) >= 11 is 0. The molecule has 8 heteroatoms. The van der Waals surface area contributed by atoms with E-state index >= 15 is 0 Å². The second-order valence-electron chi connectivity index (χ2n) is 7.50. The van der Waals surface area contributed by atoms with E-state index in [0.29, 0.717) is 19.5 Å². The first-order valence-electron chi connectivity index (χ1n) is 9.79. The van der Waals surface area contributed by atoms with Crippen molar-refractivity contribution in [3.8, 4) is 0 Å². The maximum Gasteiger partial charge on any atom is 0.234 e. The Hall–Kier alpha value is -2.58. The lowest BCUT2D eigenvalue weighted by Gasteiger charge is -2.26. The predicted octanol–water partition coefficient (Wildman–Crippen LogP) is 2.11. The minimum absolute atomic E-state index is 0.0936. The van der Waals surface area contributed by atoms with E-state index in [1.165, 1.54) is 0 Å². The summed E-state index contributed by atoms with van der Waals surface area (Å²) in [6.45, 7) is 1.09. The molecular weight excluding hydrogens is 390 g/mol. The Balaban J connectivity index is 1.34. The van der Waals surface area contributed by atoms with Crippen LogP contribution in [0.4, 0.5) is 0 Å². The number of H-pyrrole nitrogens is 1. The summed E-state index contributed by atoms with van der Waals surface area (Å²) in [7, 11) is -3.03. The first-order chi connectivity index (χ1) is 14.0. The number of hydrogen-bond acceptors (Lipinski definition) is 5. The van der Waals surface area contributed by atoms with Crippen LogP contribution in [0.15, 0.2) is 53.3 Å². The normalized spacial score (nSPS) is 18.4. The fraction of sp³-hybridized carbons (Fsp3) is 0.381. The largest absolute Gasteiger partial charge is 0.468 e. The van der Waals surface area contributed by atoms with E-state index in [1.807, 2.05) is 35.4 Å². The molecule has 2 N–H and O–H groups in total. The molecule has 1 aliphatic heterocycles. The highest BCUT2D eigenvalue weighted by atomic mass is 32.2. The van der Waals surface area contributed by atoms with Gasteiger partial charge >= 0.3 is 0 Å². The molecule has 1 saturated heterocycles. The molecule has 1 fully saturated rings. The zero-order valence-electron chi connectivity index (χ0n) is 16.1. The van der Waals surface area contributed by atoms with Crippen LogP contribution in [0.25, 0.3) is 10.9 Å². The topological polar surface area (TPSA) is 95.4 Å². The number of carbonyl (C=O) groups excluding carboxylic acids is 1. The zero-order chi connectivity index (χ0) is 20.3. The van der Waals surface area contributed by atoms with Crippen molar-refractivity contribution in [2.75, 3.05) is 24.6 Å². The number of benzene rings is 1. The molecule has 0 spiro atoms. The van der Waals surface area contributed by atoms with Gasteiger partial charge in [0.15, 0.2) is 9.84 Å². The average molecular weight is 416 g/mol. The number of fused-ring (bicyclic) bond motifs is 1. The van der Waals surface area contributed by atoms with Crippen LogP contribution >= 0.6 is 0 Å². The lowest BCUT2D eigenvalue weighted by Crippen LogP contribution is -2.43. The van der Waals surface area contributed by atoms with Gasteiger partial charge in [-0.15, -0.1) is 0 Å². The summed E-state index contributed by atoms with van der Waals surface area (Å²) in [5.41, 5.74) is 2.25. The number of amides is 1. The van der Waals surface area contributed by atoms with Gasteiger partial charge in [0.25, 0.3) is 0 Å². The van der Waals surface area contributed by atoms with Crippen LogP contribution in [-0.4, -0.2) is 54.8 Å². The summed E-state index contributed by atoms with van der Waals surface area (Å²) in [4.78, 5) is 17.7. The lowest BCUT2D eigenvalue weighted by molar-refractivity contribution is -0.122. The van der Waals surface area contributed by atoms with Crippen molar-refractivity contribution in [2.45, 2.75) is 25.4 Å². The third-order valence-corrected chi connectivity index (χ3v) is 7.15. The first-order valence-corrected chi connectivity index (χ1v) is 11.6. The molecular formula is C21H25N3O4S. The number of hydrogen-bond donors (Lipinski definition) is 2. The Bertz CT molecular complexity index is 1070. The van der Waals surface area contributed by atoms with E-state index in [9.17, 15) is 13.2 Å². The Morgan fingerprint density at radius 1 is 1.24 bits per heavy atom. The van der Waals surface area contributed by atoms with E-state index in [4.69, 9.17) is 4.42 Å². The van der Waals surface area contributed by atoms with Crippen LogP contribution in [0, 0.1) is 0 Å². The van der Waals surface area contributed by atoms with E-state index in [2.05, 4.69) is 16.4 Å². The summed E-state index contributed by atoms with van der Waals surface area (Å²) in [6.07, 6.45) is 4.83. The first kappa shape index (κ1) is 19.7. The second-order valence-corrected chi connectivity index (χ2v) is 9.73. The van der Waals surface area contributed by atoms with Crippen molar-refractivity contribution >= 4 is 26.6 Å². The van der Waals surface area contributed by atoms with Crippen LogP contribution in [-0.2, 0) is 27.6 Å². The van der Waals surface area contributed by atoms with Gasteiger partial charge in [0.2, 0.25) is 5.91 Å². The number of nitrogens with one attached hydrogen (secondary N) is 2. The summed E-state index contributed by atoms with van der Waals surface area (Å²) in [5.74, 6) is 0.881. The Labute approximate surface area is 170 Å². The standard InChI is InChI=1S/C21H25N3O4S/c25-21(22-9-7-16-12-23-20-6-2-1-5-19(16)20)14-24(13-18-4-3-10-28-18)17-8-11-29(26,27)15-17/h1-6,10,12,17,23H,7-9,11,13-15H2,(H,22,25)/t17-/m1/s1.